The molecule has 0 spiro atoms. The zero-order valence-corrected chi connectivity index (χ0v) is 12.8. The Bertz CT molecular complexity index is 611. The predicted octanol–water partition coefficient (Wildman–Crippen LogP) is 4.23. The van der Waals surface area contributed by atoms with Crippen LogP contribution in [0.5, 0.6) is 0 Å². The van der Waals surface area contributed by atoms with Gasteiger partial charge in [-0.05, 0) is 49.1 Å². The number of nitrogens with two attached hydrogens (primary N) is 1. The third-order valence-corrected chi connectivity index (χ3v) is 3.90. The molecular formula is C16H16BrF2N. The van der Waals surface area contributed by atoms with Crippen LogP contribution in [0.25, 0.3) is 0 Å². The van der Waals surface area contributed by atoms with Crippen molar-refractivity contribution < 1.29 is 8.78 Å². The van der Waals surface area contributed by atoms with E-state index in [9.17, 15) is 8.78 Å². The van der Waals surface area contributed by atoms with Crippen LogP contribution in [0.1, 0.15) is 18.1 Å². The topological polar surface area (TPSA) is 26.0 Å². The maximum absolute atomic E-state index is 13.7. The molecule has 0 aliphatic carbocycles. The first kappa shape index (κ1) is 15.1. The lowest BCUT2D eigenvalue weighted by Crippen LogP contribution is -2.41. The van der Waals surface area contributed by atoms with E-state index in [-0.39, 0.29) is 11.6 Å². The van der Waals surface area contributed by atoms with Crippen LogP contribution in [-0.2, 0) is 12.8 Å². The van der Waals surface area contributed by atoms with Crippen molar-refractivity contribution in [2.75, 3.05) is 0 Å². The average Bonchev–Trinajstić information content (AvgIpc) is 2.35. The Morgan fingerprint density at radius 1 is 1.05 bits per heavy atom. The average molecular weight is 340 g/mol. The monoisotopic (exact) mass is 339 g/mol. The van der Waals surface area contributed by atoms with Crippen molar-refractivity contribution in [1.82, 2.24) is 0 Å². The number of benzene rings is 2. The van der Waals surface area contributed by atoms with Gasteiger partial charge in [-0.25, -0.2) is 8.78 Å². The number of halogens is 3. The van der Waals surface area contributed by atoms with Crippen LogP contribution in [-0.4, -0.2) is 5.54 Å². The zero-order valence-electron chi connectivity index (χ0n) is 11.2. The maximum Gasteiger partial charge on any atom is 0.126 e. The van der Waals surface area contributed by atoms with Crippen molar-refractivity contribution in [3.63, 3.8) is 0 Å². The first-order valence-electron chi connectivity index (χ1n) is 6.34. The standard InChI is InChI=1S/C16H16BrF2N/c1-16(20,10-12-4-2-3-5-15(12)19)9-11-6-7-13(18)8-14(11)17/h2-8H,9-10,20H2,1H3. The van der Waals surface area contributed by atoms with Crippen LogP contribution in [0.2, 0.25) is 0 Å². The van der Waals surface area contributed by atoms with Crippen molar-refractivity contribution in [3.05, 3.63) is 69.7 Å². The zero-order chi connectivity index (χ0) is 14.8. The summed E-state index contributed by atoms with van der Waals surface area (Å²) in [4.78, 5) is 0. The SMILES string of the molecule is CC(N)(Cc1ccccc1F)Cc1ccc(F)cc1Br. The fourth-order valence-electron chi connectivity index (χ4n) is 2.24. The van der Waals surface area contributed by atoms with Gasteiger partial charge in [0.1, 0.15) is 11.6 Å². The lowest BCUT2D eigenvalue weighted by molar-refractivity contribution is 0.450. The molecule has 2 aromatic carbocycles. The summed E-state index contributed by atoms with van der Waals surface area (Å²) >= 11 is 3.33. The highest BCUT2D eigenvalue weighted by molar-refractivity contribution is 9.10. The van der Waals surface area contributed by atoms with Crippen LogP contribution >= 0.6 is 15.9 Å². The molecule has 0 amide bonds. The number of hydrogen-bond donors (Lipinski definition) is 1. The summed E-state index contributed by atoms with van der Waals surface area (Å²) in [5, 5.41) is 0. The van der Waals surface area contributed by atoms with Gasteiger partial charge in [0.25, 0.3) is 0 Å². The van der Waals surface area contributed by atoms with E-state index in [1.165, 1.54) is 18.2 Å². The van der Waals surface area contributed by atoms with Crippen molar-refractivity contribution >= 4 is 15.9 Å². The molecule has 0 saturated heterocycles. The molecule has 0 fully saturated rings. The highest BCUT2D eigenvalue weighted by atomic mass is 79.9. The Hall–Kier alpha value is -1.26. The Balaban J connectivity index is 2.17. The van der Waals surface area contributed by atoms with Crippen molar-refractivity contribution in [1.29, 1.82) is 0 Å². The van der Waals surface area contributed by atoms with Gasteiger partial charge in [0.15, 0.2) is 0 Å². The van der Waals surface area contributed by atoms with Gasteiger partial charge in [0.2, 0.25) is 0 Å². The molecule has 0 aromatic heterocycles. The van der Waals surface area contributed by atoms with Gasteiger partial charge in [-0.3, -0.25) is 0 Å². The summed E-state index contributed by atoms with van der Waals surface area (Å²) in [6, 6.07) is 11.1. The summed E-state index contributed by atoms with van der Waals surface area (Å²) in [5.74, 6) is -0.546. The summed E-state index contributed by atoms with van der Waals surface area (Å²) in [6.45, 7) is 1.87. The smallest absolute Gasteiger partial charge is 0.126 e. The van der Waals surface area contributed by atoms with Crippen molar-refractivity contribution in [2.45, 2.75) is 25.3 Å². The Kier molecular flexibility index (Phi) is 4.55. The number of rotatable bonds is 4. The van der Waals surface area contributed by atoms with Gasteiger partial charge in [-0.1, -0.05) is 40.2 Å². The highest BCUT2D eigenvalue weighted by Gasteiger charge is 2.22. The molecule has 0 radical (unpaired) electrons. The molecule has 0 saturated carbocycles. The highest BCUT2D eigenvalue weighted by Crippen LogP contribution is 2.24. The molecule has 0 aliphatic rings. The third kappa shape index (κ3) is 3.87. The molecule has 1 unspecified atom stereocenters. The molecule has 20 heavy (non-hydrogen) atoms. The summed E-state index contributed by atoms with van der Waals surface area (Å²) in [5.41, 5.74) is 7.17. The van der Waals surface area contributed by atoms with Crippen LogP contribution in [0.4, 0.5) is 8.78 Å². The molecule has 4 heteroatoms. The van der Waals surface area contributed by atoms with Gasteiger partial charge < -0.3 is 5.73 Å². The third-order valence-electron chi connectivity index (χ3n) is 3.16. The maximum atomic E-state index is 13.7. The Morgan fingerprint density at radius 3 is 2.35 bits per heavy atom. The molecule has 2 rings (SSSR count). The first-order valence-corrected chi connectivity index (χ1v) is 7.13. The largest absolute Gasteiger partial charge is 0.325 e. The van der Waals surface area contributed by atoms with E-state index in [1.54, 1.807) is 24.3 Å². The van der Waals surface area contributed by atoms with Gasteiger partial charge in [-0.2, -0.15) is 0 Å². The van der Waals surface area contributed by atoms with E-state index in [4.69, 9.17) is 5.73 Å². The van der Waals surface area contributed by atoms with Crippen LogP contribution in [0.3, 0.4) is 0 Å². The minimum absolute atomic E-state index is 0.248. The fourth-order valence-corrected chi connectivity index (χ4v) is 2.73. The molecule has 2 N–H and O–H groups in total. The fraction of sp³-hybridized carbons (Fsp3) is 0.250. The van der Waals surface area contributed by atoms with E-state index in [2.05, 4.69) is 15.9 Å². The first-order chi connectivity index (χ1) is 9.37. The molecule has 0 aliphatic heterocycles. The van der Waals surface area contributed by atoms with Crippen LogP contribution in [0, 0.1) is 11.6 Å². The minimum Gasteiger partial charge on any atom is -0.325 e. The van der Waals surface area contributed by atoms with Crippen molar-refractivity contribution in [2.24, 2.45) is 5.73 Å². The van der Waals surface area contributed by atoms with E-state index in [0.29, 0.717) is 22.9 Å². The van der Waals surface area contributed by atoms with E-state index in [0.717, 1.165) is 5.56 Å². The van der Waals surface area contributed by atoms with E-state index in [1.807, 2.05) is 6.92 Å². The summed E-state index contributed by atoms with van der Waals surface area (Å²) in [7, 11) is 0. The van der Waals surface area contributed by atoms with Gasteiger partial charge in [-0.15, -0.1) is 0 Å². The molecule has 1 atom stereocenters. The molecular weight excluding hydrogens is 324 g/mol. The second-order valence-electron chi connectivity index (χ2n) is 5.33. The van der Waals surface area contributed by atoms with Crippen molar-refractivity contribution in [3.8, 4) is 0 Å². The molecule has 0 bridgehead atoms. The van der Waals surface area contributed by atoms with Gasteiger partial charge >= 0.3 is 0 Å². The lowest BCUT2D eigenvalue weighted by Gasteiger charge is -2.25. The minimum atomic E-state index is -0.609. The van der Waals surface area contributed by atoms with E-state index >= 15 is 0 Å². The molecule has 2 aromatic rings. The Labute approximate surface area is 125 Å². The van der Waals surface area contributed by atoms with Gasteiger partial charge in [0.05, 0.1) is 0 Å². The van der Waals surface area contributed by atoms with Gasteiger partial charge in [0, 0.05) is 10.0 Å². The molecule has 0 heterocycles. The van der Waals surface area contributed by atoms with Crippen LogP contribution < -0.4 is 5.73 Å². The second-order valence-corrected chi connectivity index (χ2v) is 6.19. The summed E-state index contributed by atoms with van der Waals surface area (Å²) < 4.78 is 27.4. The molecule has 1 nitrogen and oxygen atoms in total. The molecule has 106 valence electrons. The van der Waals surface area contributed by atoms with Crippen LogP contribution in [0.15, 0.2) is 46.9 Å². The van der Waals surface area contributed by atoms with E-state index < -0.39 is 5.54 Å². The quantitative estimate of drug-likeness (QED) is 0.886. The Morgan fingerprint density at radius 2 is 1.70 bits per heavy atom. The number of hydrogen-bond acceptors (Lipinski definition) is 1. The normalized spacial score (nSPS) is 14.1. The summed E-state index contributed by atoms with van der Waals surface area (Å²) in [6.07, 6.45) is 0.950. The lowest BCUT2D eigenvalue weighted by atomic mass is 9.87. The predicted molar refractivity (Wildman–Crippen MR) is 80.5 cm³/mol. The second kappa shape index (κ2) is 6.02.